The van der Waals surface area contributed by atoms with Gasteiger partial charge in [-0.1, -0.05) is 0 Å². The van der Waals surface area contributed by atoms with Gasteiger partial charge in [-0.3, -0.25) is 9.59 Å². The number of ether oxygens (including phenoxy) is 1. The summed E-state index contributed by atoms with van der Waals surface area (Å²) in [4.78, 5) is 36.7. The van der Waals surface area contributed by atoms with Crippen LogP contribution in [0.1, 0.15) is 58.5 Å². The molecule has 0 bridgehead atoms. The highest BCUT2D eigenvalue weighted by Crippen LogP contribution is 2.31. The number of nitrogens with zero attached hydrogens (tertiary/aromatic N) is 4. The van der Waals surface area contributed by atoms with Crippen molar-refractivity contribution in [2.24, 2.45) is 0 Å². The summed E-state index contributed by atoms with van der Waals surface area (Å²) in [5, 5.41) is 2.84. The normalized spacial score (nSPS) is 16.7. The smallest absolute Gasteiger partial charge is 0.273 e. The van der Waals surface area contributed by atoms with E-state index in [2.05, 4.69) is 4.90 Å². The van der Waals surface area contributed by atoms with Crippen molar-refractivity contribution in [1.29, 1.82) is 0 Å². The van der Waals surface area contributed by atoms with Crippen LogP contribution in [0.3, 0.4) is 0 Å². The Labute approximate surface area is 226 Å². The number of carbonyl (C=O) groups is 2. The van der Waals surface area contributed by atoms with Gasteiger partial charge in [-0.2, -0.15) is 0 Å². The van der Waals surface area contributed by atoms with Crippen molar-refractivity contribution < 1.29 is 18.7 Å². The molecule has 7 nitrogen and oxygen atoms in total. The van der Waals surface area contributed by atoms with Crippen LogP contribution in [0, 0.1) is 5.82 Å². The third kappa shape index (κ3) is 5.99. The van der Waals surface area contributed by atoms with Gasteiger partial charge in [0.15, 0.2) is 0 Å². The lowest BCUT2D eigenvalue weighted by Gasteiger charge is -2.35. The highest BCUT2D eigenvalue weighted by atomic mass is 32.1. The Hall–Kier alpha value is -3.46. The molecular weight excluding hydrogens is 503 g/mol. The molecule has 2 saturated heterocycles. The summed E-state index contributed by atoms with van der Waals surface area (Å²) < 4.78 is 18.9. The van der Waals surface area contributed by atoms with Crippen LogP contribution in [0.15, 0.2) is 53.9 Å². The number of amides is 2. The van der Waals surface area contributed by atoms with Gasteiger partial charge in [0.1, 0.15) is 17.3 Å². The summed E-state index contributed by atoms with van der Waals surface area (Å²) in [5.74, 6) is 0.765. The Kier molecular flexibility index (Phi) is 7.93. The van der Waals surface area contributed by atoms with Crippen molar-refractivity contribution in [2.45, 2.75) is 38.7 Å². The minimum absolute atomic E-state index is 0.0364. The zero-order valence-electron chi connectivity index (χ0n) is 21.8. The van der Waals surface area contributed by atoms with Crippen LogP contribution in [-0.2, 0) is 0 Å². The van der Waals surface area contributed by atoms with Crippen LogP contribution in [0.25, 0.3) is 0 Å². The Morgan fingerprint density at radius 3 is 2.16 bits per heavy atom. The Morgan fingerprint density at radius 2 is 1.53 bits per heavy atom. The zero-order chi connectivity index (χ0) is 26.6. The molecular formula is C29H33FN4O3S. The number of hydrogen-bond donors (Lipinski definition) is 0. The molecule has 2 amide bonds. The van der Waals surface area contributed by atoms with Crippen LogP contribution in [0.4, 0.5) is 10.1 Å². The van der Waals surface area contributed by atoms with Gasteiger partial charge >= 0.3 is 0 Å². The predicted octanol–water partition coefficient (Wildman–Crippen LogP) is 5.05. The lowest BCUT2D eigenvalue weighted by Crippen LogP contribution is -2.48. The third-order valence-corrected chi connectivity index (χ3v) is 8.11. The molecule has 0 unspecified atom stereocenters. The van der Waals surface area contributed by atoms with Crippen molar-refractivity contribution in [3.63, 3.8) is 0 Å². The van der Waals surface area contributed by atoms with Crippen LogP contribution >= 0.6 is 11.3 Å². The molecule has 0 aliphatic carbocycles. The molecule has 0 radical (unpaired) electrons. The molecule has 38 heavy (non-hydrogen) atoms. The van der Waals surface area contributed by atoms with Gasteiger partial charge in [-0.25, -0.2) is 9.37 Å². The van der Waals surface area contributed by atoms with Crippen LogP contribution < -0.4 is 9.64 Å². The molecule has 2 fully saturated rings. The van der Waals surface area contributed by atoms with Gasteiger partial charge in [0, 0.05) is 61.8 Å². The maximum Gasteiger partial charge on any atom is 0.273 e. The molecule has 2 aliphatic heterocycles. The number of benzene rings is 2. The van der Waals surface area contributed by atoms with Gasteiger partial charge in [0.25, 0.3) is 11.8 Å². The van der Waals surface area contributed by atoms with E-state index in [1.165, 1.54) is 23.5 Å². The summed E-state index contributed by atoms with van der Waals surface area (Å²) in [7, 11) is 0. The molecule has 5 rings (SSSR count). The van der Waals surface area contributed by atoms with Crippen molar-refractivity contribution in [3.8, 4) is 5.75 Å². The first-order valence-electron chi connectivity index (χ1n) is 13.2. The van der Waals surface area contributed by atoms with E-state index in [1.54, 1.807) is 12.1 Å². The van der Waals surface area contributed by atoms with E-state index in [9.17, 15) is 14.0 Å². The largest absolute Gasteiger partial charge is 0.491 e. The molecule has 1 aromatic heterocycles. The van der Waals surface area contributed by atoms with E-state index < -0.39 is 0 Å². The van der Waals surface area contributed by atoms with Crippen molar-refractivity contribution >= 4 is 28.8 Å². The number of likely N-dealkylation sites (tertiary alicyclic amines) is 1. The second kappa shape index (κ2) is 11.5. The SMILES string of the molecule is CC(C)Oc1ccc(C(=O)N2CCC(c3nc(C(=O)N4CCN(c5ccc(F)cc5)CC4)cs3)CC2)cc1. The lowest BCUT2D eigenvalue weighted by atomic mass is 9.97. The molecule has 0 saturated carbocycles. The van der Waals surface area contributed by atoms with E-state index in [4.69, 9.17) is 9.72 Å². The number of piperidine rings is 1. The third-order valence-electron chi connectivity index (χ3n) is 7.10. The van der Waals surface area contributed by atoms with E-state index in [0.717, 1.165) is 29.3 Å². The van der Waals surface area contributed by atoms with E-state index in [-0.39, 0.29) is 29.7 Å². The van der Waals surface area contributed by atoms with E-state index in [1.807, 2.05) is 53.3 Å². The van der Waals surface area contributed by atoms with Gasteiger partial charge in [-0.15, -0.1) is 11.3 Å². The number of rotatable bonds is 6. The molecule has 2 aliphatic rings. The molecule has 0 N–H and O–H groups in total. The monoisotopic (exact) mass is 536 g/mol. The summed E-state index contributed by atoms with van der Waals surface area (Å²) in [5.41, 5.74) is 2.14. The second-order valence-corrected chi connectivity index (χ2v) is 11.0. The zero-order valence-corrected chi connectivity index (χ0v) is 22.6. The van der Waals surface area contributed by atoms with E-state index in [0.29, 0.717) is 50.5 Å². The number of aromatic nitrogens is 1. The summed E-state index contributed by atoms with van der Waals surface area (Å²) in [6, 6.07) is 13.8. The summed E-state index contributed by atoms with van der Waals surface area (Å²) in [6.45, 7) is 7.90. The van der Waals surface area contributed by atoms with Crippen LogP contribution in [-0.4, -0.2) is 72.0 Å². The fraction of sp³-hybridized carbons (Fsp3) is 0.414. The standard InChI is InChI=1S/C29H33FN4O3S/c1-20(2)37-25-9-3-22(4-10-25)28(35)33-13-11-21(12-14-33)27-31-26(19-38-27)29(36)34-17-15-32(16-18-34)24-7-5-23(30)6-8-24/h3-10,19-21H,11-18H2,1-2H3. The van der Waals surface area contributed by atoms with Gasteiger partial charge in [0.2, 0.25) is 0 Å². The number of carbonyl (C=O) groups excluding carboxylic acids is 2. The molecule has 0 spiro atoms. The second-order valence-electron chi connectivity index (χ2n) is 10.1. The van der Waals surface area contributed by atoms with Crippen molar-refractivity contribution in [1.82, 2.24) is 14.8 Å². The fourth-order valence-electron chi connectivity index (χ4n) is 5.02. The minimum Gasteiger partial charge on any atom is -0.491 e. The average molecular weight is 537 g/mol. The molecule has 200 valence electrons. The maximum atomic E-state index is 13.2. The van der Waals surface area contributed by atoms with Crippen LogP contribution in [0.5, 0.6) is 5.75 Å². The lowest BCUT2D eigenvalue weighted by molar-refractivity contribution is 0.0712. The maximum absolute atomic E-state index is 13.2. The summed E-state index contributed by atoms with van der Waals surface area (Å²) in [6.07, 6.45) is 1.76. The Balaban J connectivity index is 1.12. The molecule has 0 atom stereocenters. The number of thiazole rings is 1. The summed E-state index contributed by atoms with van der Waals surface area (Å²) >= 11 is 1.54. The highest BCUT2D eigenvalue weighted by molar-refractivity contribution is 7.09. The molecule has 9 heteroatoms. The molecule has 2 aromatic carbocycles. The average Bonchev–Trinajstić information content (AvgIpc) is 3.43. The van der Waals surface area contributed by atoms with Crippen molar-refractivity contribution in [3.05, 3.63) is 76.0 Å². The fourth-order valence-corrected chi connectivity index (χ4v) is 5.98. The first kappa shape index (κ1) is 26.2. The first-order chi connectivity index (χ1) is 18.4. The topological polar surface area (TPSA) is 66.0 Å². The first-order valence-corrected chi connectivity index (χ1v) is 14.1. The van der Waals surface area contributed by atoms with Gasteiger partial charge in [-0.05, 0) is 75.2 Å². The Bertz CT molecular complexity index is 1250. The highest BCUT2D eigenvalue weighted by Gasteiger charge is 2.29. The van der Waals surface area contributed by atoms with E-state index >= 15 is 0 Å². The number of anilines is 1. The predicted molar refractivity (Wildman–Crippen MR) is 147 cm³/mol. The quantitative estimate of drug-likeness (QED) is 0.441. The minimum atomic E-state index is -0.249. The van der Waals surface area contributed by atoms with Crippen LogP contribution in [0.2, 0.25) is 0 Å². The van der Waals surface area contributed by atoms with Gasteiger partial charge < -0.3 is 19.4 Å². The van der Waals surface area contributed by atoms with Gasteiger partial charge in [0.05, 0.1) is 11.1 Å². The number of hydrogen-bond acceptors (Lipinski definition) is 6. The van der Waals surface area contributed by atoms with Crippen molar-refractivity contribution in [2.75, 3.05) is 44.2 Å². The molecule has 3 heterocycles. The molecule has 3 aromatic rings. The Morgan fingerprint density at radius 1 is 0.895 bits per heavy atom. The number of piperazine rings is 1. The number of halogens is 1.